The molecule has 0 radical (unpaired) electrons. The van der Waals surface area contributed by atoms with E-state index in [2.05, 4.69) is 12.2 Å². The van der Waals surface area contributed by atoms with Crippen molar-refractivity contribution in [3.05, 3.63) is 63.7 Å². The van der Waals surface area contributed by atoms with Crippen molar-refractivity contribution in [2.75, 3.05) is 19.6 Å². The van der Waals surface area contributed by atoms with E-state index in [1.165, 1.54) is 12.1 Å². The maximum absolute atomic E-state index is 14.1. The van der Waals surface area contributed by atoms with Gasteiger partial charge >= 0.3 is 0 Å². The van der Waals surface area contributed by atoms with Crippen LogP contribution >= 0.6 is 0 Å². The number of carbonyl (C=O) groups is 1. The van der Waals surface area contributed by atoms with Crippen molar-refractivity contribution >= 4 is 11.6 Å². The average Bonchev–Trinajstić information content (AvgIpc) is 2.78. The molecule has 0 aliphatic carbocycles. The Hall–Kier alpha value is -3.13. The summed E-state index contributed by atoms with van der Waals surface area (Å²) in [5, 5.41) is 24.3. The molecule has 8 heteroatoms. The van der Waals surface area contributed by atoms with E-state index in [4.69, 9.17) is 4.74 Å². The number of ether oxygens (including phenoxy) is 1. The first-order chi connectivity index (χ1) is 15.1. The molecule has 8 nitrogen and oxygen atoms in total. The summed E-state index contributed by atoms with van der Waals surface area (Å²) in [6.07, 6.45) is 0. The standard InChI is InChI=1S/C24H29N3O5/c1-15-19-13-18(28)9-10-21(19)32-24(4,23(15,2)3)22(29)26-12-11-25-14-20(26)16-5-7-17(8-6-16)27(30)31/h5-10,13,15,20,25,28H,11-12,14H2,1-4H3. The molecule has 2 aromatic carbocycles. The summed E-state index contributed by atoms with van der Waals surface area (Å²) >= 11 is 0. The molecule has 3 unspecified atom stereocenters. The summed E-state index contributed by atoms with van der Waals surface area (Å²) in [5.41, 5.74) is 0.0507. The first-order valence-electron chi connectivity index (χ1n) is 10.8. The van der Waals surface area contributed by atoms with Crippen LogP contribution in [-0.4, -0.2) is 46.1 Å². The second-order valence-corrected chi connectivity index (χ2v) is 9.37. The quantitative estimate of drug-likeness (QED) is 0.557. The smallest absolute Gasteiger partial charge is 0.269 e. The predicted molar refractivity (Wildman–Crippen MR) is 120 cm³/mol. The van der Waals surface area contributed by atoms with Gasteiger partial charge in [0.2, 0.25) is 0 Å². The second-order valence-electron chi connectivity index (χ2n) is 9.37. The number of nitro groups is 1. The highest BCUT2D eigenvalue weighted by Crippen LogP contribution is 2.54. The largest absolute Gasteiger partial charge is 0.508 e. The molecular weight excluding hydrogens is 410 g/mol. The number of hydrogen-bond acceptors (Lipinski definition) is 6. The van der Waals surface area contributed by atoms with Gasteiger partial charge in [-0.2, -0.15) is 0 Å². The number of nitrogens with one attached hydrogen (secondary N) is 1. The minimum absolute atomic E-state index is 0.0211. The van der Waals surface area contributed by atoms with Crippen molar-refractivity contribution in [2.45, 2.75) is 45.3 Å². The number of nitrogens with zero attached hydrogens (tertiary/aromatic N) is 2. The first kappa shape index (κ1) is 22.1. The zero-order valence-electron chi connectivity index (χ0n) is 18.8. The highest BCUT2D eigenvalue weighted by Gasteiger charge is 2.58. The molecule has 3 atom stereocenters. The number of amides is 1. The molecule has 2 aromatic rings. The third-order valence-electron chi connectivity index (χ3n) is 7.49. The lowest BCUT2D eigenvalue weighted by Crippen LogP contribution is -2.64. The van der Waals surface area contributed by atoms with Crippen LogP contribution < -0.4 is 10.1 Å². The Labute approximate surface area is 187 Å². The summed E-state index contributed by atoms with van der Waals surface area (Å²) in [4.78, 5) is 26.5. The second kappa shape index (κ2) is 7.78. The number of hydrogen-bond donors (Lipinski definition) is 2. The van der Waals surface area contributed by atoms with Gasteiger partial charge in [0.25, 0.3) is 11.6 Å². The Bertz CT molecular complexity index is 1050. The highest BCUT2D eigenvalue weighted by atomic mass is 16.6. The van der Waals surface area contributed by atoms with Crippen molar-refractivity contribution in [2.24, 2.45) is 5.41 Å². The number of non-ortho nitro benzene ring substituents is 1. The van der Waals surface area contributed by atoms with Gasteiger partial charge in [-0.05, 0) is 36.6 Å². The van der Waals surface area contributed by atoms with E-state index in [0.29, 0.717) is 25.4 Å². The maximum Gasteiger partial charge on any atom is 0.269 e. The van der Waals surface area contributed by atoms with Crippen molar-refractivity contribution in [3.63, 3.8) is 0 Å². The minimum atomic E-state index is -1.13. The molecule has 0 saturated carbocycles. The molecule has 2 heterocycles. The summed E-state index contributed by atoms with van der Waals surface area (Å²) in [5.74, 6) is 0.628. The van der Waals surface area contributed by atoms with Crippen LogP contribution in [0.2, 0.25) is 0 Å². The first-order valence-corrected chi connectivity index (χ1v) is 10.8. The number of fused-ring (bicyclic) bond motifs is 1. The molecule has 32 heavy (non-hydrogen) atoms. The summed E-state index contributed by atoms with van der Waals surface area (Å²) in [6.45, 7) is 9.66. The van der Waals surface area contributed by atoms with E-state index in [-0.39, 0.29) is 29.3 Å². The predicted octanol–water partition coefficient (Wildman–Crippen LogP) is 3.75. The molecule has 2 aliphatic rings. The fourth-order valence-corrected chi connectivity index (χ4v) is 4.78. The molecule has 170 valence electrons. The van der Waals surface area contributed by atoms with Crippen LogP contribution in [0.5, 0.6) is 11.5 Å². The van der Waals surface area contributed by atoms with E-state index >= 15 is 0 Å². The Morgan fingerprint density at radius 2 is 1.91 bits per heavy atom. The molecule has 4 rings (SSSR count). The number of phenolic OH excluding ortho intramolecular Hbond substituents is 1. The van der Waals surface area contributed by atoms with Crippen LogP contribution in [0.25, 0.3) is 0 Å². The molecule has 0 bridgehead atoms. The number of aromatic hydroxyl groups is 1. The van der Waals surface area contributed by atoms with Crippen molar-refractivity contribution in [1.29, 1.82) is 0 Å². The van der Waals surface area contributed by atoms with Gasteiger partial charge < -0.3 is 20.1 Å². The number of piperazine rings is 1. The van der Waals surface area contributed by atoms with Crippen molar-refractivity contribution in [1.82, 2.24) is 10.2 Å². The van der Waals surface area contributed by atoms with Gasteiger partial charge in [0, 0.05) is 42.7 Å². The van der Waals surface area contributed by atoms with Gasteiger partial charge in [-0.3, -0.25) is 14.9 Å². The van der Waals surface area contributed by atoms with Crippen LogP contribution in [0.3, 0.4) is 0 Å². The van der Waals surface area contributed by atoms with Gasteiger partial charge in [0.05, 0.1) is 11.0 Å². The molecule has 2 N–H and O–H groups in total. The Kier molecular flexibility index (Phi) is 5.36. The lowest BCUT2D eigenvalue weighted by atomic mass is 9.63. The molecule has 0 spiro atoms. The van der Waals surface area contributed by atoms with Crippen LogP contribution in [0.4, 0.5) is 5.69 Å². The van der Waals surface area contributed by atoms with Gasteiger partial charge in [-0.15, -0.1) is 0 Å². The van der Waals surface area contributed by atoms with Crippen molar-refractivity contribution in [3.8, 4) is 11.5 Å². The van der Waals surface area contributed by atoms with E-state index in [9.17, 15) is 20.0 Å². The molecule has 1 saturated heterocycles. The number of rotatable bonds is 3. The molecule has 1 amide bonds. The lowest BCUT2D eigenvalue weighted by molar-refractivity contribution is -0.384. The molecule has 2 aliphatic heterocycles. The maximum atomic E-state index is 14.1. The van der Waals surface area contributed by atoms with E-state index in [1.807, 2.05) is 25.7 Å². The fraction of sp³-hybridized carbons (Fsp3) is 0.458. The normalized spacial score (nSPS) is 26.7. The summed E-state index contributed by atoms with van der Waals surface area (Å²) in [6, 6.07) is 11.1. The SMILES string of the molecule is CC1c2cc(O)ccc2OC(C)(C(=O)N2CCNCC2c2ccc([N+](=O)[O-])cc2)C1(C)C. The highest BCUT2D eigenvalue weighted by molar-refractivity contribution is 5.87. The number of phenols is 1. The zero-order chi connectivity index (χ0) is 23.3. The minimum Gasteiger partial charge on any atom is -0.508 e. The Morgan fingerprint density at radius 1 is 1.22 bits per heavy atom. The van der Waals surface area contributed by atoms with E-state index < -0.39 is 15.9 Å². The van der Waals surface area contributed by atoms with Crippen molar-refractivity contribution < 1.29 is 19.6 Å². The molecule has 1 fully saturated rings. The lowest BCUT2D eigenvalue weighted by Gasteiger charge is -2.53. The third kappa shape index (κ3) is 3.39. The van der Waals surface area contributed by atoms with Gasteiger partial charge in [0.15, 0.2) is 5.60 Å². The zero-order valence-corrected chi connectivity index (χ0v) is 18.8. The van der Waals surface area contributed by atoms with Gasteiger partial charge in [0.1, 0.15) is 11.5 Å². The van der Waals surface area contributed by atoms with Crippen LogP contribution in [0.1, 0.15) is 50.8 Å². The third-order valence-corrected chi connectivity index (χ3v) is 7.49. The molecule has 0 aromatic heterocycles. The Balaban J connectivity index is 1.70. The number of nitro benzene ring substituents is 1. The summed E-state index contributed by atoms with van der Waals surface area (Å²) < 4.78 is 6.40. The van der Waals surface area contributed by atoms with Gasteiger partial charge in [-0.25, -0.2) is 0 Å². The van der Waals surface area contributed by atoms with Crippen LogP contribution in [-0.2, 0) is 4.79 Å². The monoisotopic (exact) mass is 439 g/mol. The summed E-state index contributed by atoms with van der Waals surface area (Å²) in [7, 11) is 0. The Morgan fingerprint density at radius 3 is 2.56 bits per heavy atom. The topological polar surface area (TPSA) is 105 Å². The average molecular weight is 440 g/mol. The van der Waals surface area contributed by atoms with E-state index in [0.717, 1.165) is 11.1 Å². The fourth-order valence-electron chi connectivity index (χ4n) is 4.78. The van der Waals surface area contributed by atoms with Crippen LogP contribution in [0, 0.1) is 15.5 Å². The number of benzene rings is 2. The molecular formula is C24H29N3O5. The van der Waals surface area contributed by atoms with E-state index in [1.54, 1.807) is 30.3 Å². The van der Waals surface area contributed by atoms with Gasteiger partial charge in [-0.1, -0.05) is 32.9 Å². The number of carbonyl (C=O) groups excluding carboxylic acids is 1. The van der Waals surface area contributed by atoms with Crippen LogP contribution in [0.15, 0.2) is 42.5 Å².